The van der Waals surface area contributed by atoms with Gasteiger partial charge in [0, 0.05) is 31.9 Å². The Kier molecular flexibility index (Phi) is 3.64. The minimum atomic E-state index is -0.138. The third kappa shape index (κ3) is 2.38. The normalized spacial score (nSPS) is 18.4. The third-order valence-electron chi connectivity index (χ3n) is 4.42. The number of fused-ring (bicyclic) bond motifs is 1. The van der Waals surface area contributed by atoms with Gasteiger partial charge in [0.2, 0.25) is 0 Å². The summed E-state index contributed by atoms with van der Waals surface area (Å²) in [6, 6.07) is 6.60. The second-order valence-electron chi connectivity index (χ2n) is 5.69. The number of rotatable bonds is 3. The van der Waals surface area contributed by atoms with Crippen LogP contribution in [0, 0.1) is 0 Å². The molecule has 2 rings (SSSR count). The maximum atomic E-state index is 6.09. The highest BCUT2D eigenvalue weighted by Gasteiger charge is 2.32. The van der Waals surface area contributed by atoms with Gasteiger partial charge in [-0.1, -0.05) is 12.1 Å². The molecule has 0 bridgehead atoms. The van der Waals surface area contributed by atoms with Crippen molar-refractivity contribution in [1.29, 1.82) is 0 Å². The number of hydrogen-bond donors (Lipinski definition) is 1. The summed E-state index contributed by atoms with van der Waals surface area (Å²) in [6.45, 7) is 8.51. The number of methoxy groups -OCH3 is 1. The maximum Gasteiger partial charge on any atom is 0.0774 e. The molecule has 1 heterocycles. The van der Waals surface area contributed by atoms with Crippen LogP contribution in [0.2, 0.25) is 0 Å². The van der Waals surface area contributed by atoms with Gasteiger partial charge in [-0.2, -0.15) is 0 Å². The monoisotopic (exact) mass is 248 g/mol. The van der Waals surface area contributed by atoms with Crippen molar-refractivity contribution < 1.29 is 4.74 Å². The van der Waals surface area contributed by atoms with Gasteiger partial charge in [0.25, 0.3) is 0 Å². The van der Waals surface area contributed by atoms with Gasteiger partial charge in [-0.3, -0.25) is 4.90 Å². The topological polar surface area (TPSA) is 38.5 Å². The largest absolute Gasteiger partial charge is 0.398 e. The maximum absolute atomic E-state index is 6.09. The van der Waals surface area contributed by atoms with Crippen molar-refractivity contribution in [3.63, 3.8) is 0 Å². The molecule has 3 heteroatoms. The van der Waals surface area contributed by atoms with Crippen LogP contribution >= 0.6 is 0 Å². The molecular formula is C15H24N2O. The number of hydrogen-bond acceptors (Lipinski definition) is 3. The first-order valence-electron chi connectivity index (χ1n) is 6.61. The molecule has 0 fully saturated rings. The molecule has 0 aromatic heterocycles. The standard InChI is InChI=1S/C15H24N2O/c1-11(15(2,3)18-4)17-9-8-12-6-5-7-14(16)13(12)10-17/h5-7,11H,8-10,16H2,1-4H3. The molecular weight excluding hydrogens is 224 g/mol. The van der Waals surface area contributed by atoms with E-state index in [4.69, 9.17) is 10.5 Å². The molecule has 0 aliphatic carbocycles. The van der Waals surface area contributed by atoms with Crippen LogP contribution < -0.4 is 5.73 Å². The average Bonchev–Trinajstić information content (AvgIpc) is 2.38. The van der Waals surface area contributed by atoms with Crippen molar-refractivity contribution in [2.45, 2.75) is 45.4 Å². The lowest BCUT2D eigenvalue weighted by Crippen LogP contribution is -2.50. The molecule has 1 aromatic rings. The van der Waals surface area contributed by atoms with Crippen molar-refractivity contribution in [2.24, 2.45) is 0 Å². The molecule has 100 valence electrons. The molecule has 1 unspecified atom stereocenters. The lowest BCUT2D eigenvalue weighted by molar-refractivity contribution is -0.0504. The van der Waals surface area contributed by atoms with Crippen LogP contribution in [0.4, 0.5) is 5.69 Å². The SMILES string of the molecule is COC(C)(C)C(C)N1CCc2cccc(N)c2C1. The molecule has 0 spiro atoms. The van der Waals surface area contributed by atoms with Gasteiger partial charge in [0.1, 0.15) is 0 Å². The van der Waals surface area contributed by atoms with Crippen molar-refractivity contribution >= 4 is 5.69 Å². The second kappa shape index (κ2) is 4.90. The fraction of sp³-hybridized carbons (Fsp3) is 0.600. The summed E-state index contributed by atoms with van der Waals surface area (Å²) < 4.78 is 5.60. The van der Waals surface area contributed by atoms with E-state index in [1.165, 1.54) is 11.1 Å². The smallest absolute Gasteiger partial charge is 0.0774 e. The quantitative estimate of drug-likeness (QED) is 0.835. The summed E-state index contributed by atoms with van der Waals surface area (Å²) in [5.74, 6) is 0. The Balaban J connectivity index is 2.19. The van der Waals surface area contributed by atoms with Gasteiger partial charge in [-0.05, 0) is 44.4 Å². The zero-order valence-electron chi connectivity index (χ0n) is 11.9. The predicted octanol–water partition coefficient (Wildman–Crippen LogP) is 2.44. The van der Waals surface area contributed by atoms with Crippen molar-refractivity contribution in [2.75, 3.05) is 19.4 Å². The Hall–Kier alpha value is -1.06. The predicted molar refractivity (Wildman–Crippen MR) is 75.5 cm³/mol. The first-order chi connectivity index (χ1) is 8.45. The van der Waals surface area contributed by atoms with Crippen LogP contribution in [0.1, 0.15) is 31.9 Å². The fourth-order valence-corrected chi connectivity index (χ4v) is 2.57. The molecule has 0 amide bonds. The molecule has 18 heavy (non-hydrogen) atoms. The summed E-state index contributed by atoms with van der Waals surface area (Å²) in [5, 5.41) is 0. The molecule has 1 aromatic carbocycles. The minimum absolute atomic E-state index is 0.138. The van der Waals surface area contributed by atoms with Crippen molar-refractivity contribution in [3.05, 3.63) is 29.3 Å². The Labute approximate surface area is 110 Å². The third-order valence-corrected chi connectivity index (χ3v) is 4.42. The summed E-state index contributed by atoms with van der Waals surface area (Å²) in [7, 11) is 1.78. The van der Waals surface area contributed by atoms with Gasteiger partial charge >= 0.3 is 0 Å². The van der Waals surface area contributed by atoms with E-state index in [2.05, 4.69) is 31.7 Å². The molecule has 1 atom stereocenters. The van der Waals surface area contributed by atoms with Crippen LogP contribution in [0.5, 0.6) is 0 Å². The van der Waals surface area contributed by atoms with Gasteiger partial charge < -0.3 is 10.5 Å². The second-order valence-corrected chi connectivity index (χ2v) is 5.69. The molecule has 0 saturated heterocycles. The summed E-state index contributed by atoms with van der Waals surface area (Å²) >= 11 is 0. The van der Waals surface area contributed by atoms with E-state index >= 15 is 0 Å². The number of nitrogen functional groups attached to an aromatic ring is 1. The van der Waals surface area contributed by atoms with Gasteiger partial charge in [-0.25, -0.2) is 0 Å². The summed E-state index contributed by atoms with van der Waals surface area (Å²) in [5.41, 5.74) is 9.56. The van der Waals surface area contributed by atoms with Crippen LogP contribution in [0.15, 0.2) is 18.2 Å². The average molecular weight is 248 g/mol. The van der Waals surface area contributed by atoms with E-state index in [9.17, 15) is 0 Å². The van der Waals surface area contributed by atoms with Gasteiger partial charge in [-0.15, -0.1) is 0 Å². The Morgan fingerprint density at radius 3 is 2.78 bits per heavy atom. The highest BCUT2D eigenvalue weighted by Crippen LogP contribution is 2.28. The molecule has 2 N–H and O–H groups in total. The zero-order chi connectivity index (χ0) is 13.3. The lowest BCUT2D eigenvalue weighted by atomic mass is 9.92. The molecule has 0 radical (unpaired) electrons. The number of ether oxygens (including phenoxy) is 1. The molecule has 1 aliphatic rings. The van der Waals surface area contributed by atoms with E-state index < -0.39 is 0 Å². The first-order valence-corrected chi connectivity index (χ1v) is 6.61. The van der Waals surface area contributed by atoms with Crippen LogP contribution in [-0.4, -0.2) is 30.2 Å². The minimum Gasteiger partial charge on any atom is -0.398 e. The zero-order valence-corrected chi connectivity index (χ0v) is 11.9. The molecule has 1 aliphatic heterocycles. The number of nitrogens with two attached hydrogens (primary N) is 1. The Bertz CT molecular complexity index is 429. The summed E-state index contributed by atoms with van der Waals surface area (Å²) in [6.07, 6.45) is 1.07. The van der Waals surface area contributed by atoms with Gasteiger partial charge in [0.15, 0.2) is 0 Å². The first kappa shape index (κ1) is 13.4. The number of anilines is 1. The van der Waals surface area contributed by atoms with E-state index in [1.807, 2.05) is 12.1 Å². The van der Waals surface area contributed by atoms with E-state index in [0.29, 0.717) is 6.04 Å². The van der Waals surface area contributed by atoms with Crippen LogP contribution in [0.25, 0.3) is 0 Å². The Morgan fingerprint density at radius 2 is 2.11 bits per heavy atom. The van der Waals surface area contributed by atoms with Gasteiger partial charge in [0.05, 0.1) is 5.60 Å². The number of benzene rings is 1. The van der Waals surface area contributed by atoms with Crippen molar-refractivity contribution in [3.8, 4) is 0 Å². The number of nitrogens with zero attached hydrogens (tertiary/aromatic N) is 1. The van der Waals surface area contributed by atoms with E-state index in [0.717, 1.165) is 25.2 Å². The lowest BCUT2D eigenvalue weighted by Gasteiger charge is -2.41. The highest BCUT2D eigenvalue weighted by molar-refractivity contribution is 5.51. The van der Waals surface area contributed by atoms with Crippen LogP contribution in [-0.2, 0) is 17.7 Å². The summed E-state index contributed by atoms with van der Waals surface area (Å²) in [4.78, 5) is 2.46. The van der Waals surface area contributed by atoms with Crippen LogP contribution in [0.3, 0.4) is 0 Å². The molecule has 0 saturated carbocycles. The van der Waals surface area contributed by atoms with Crippen molar-refractivity contribution in [1.82, 2.24) is 4.90 Å². The fourth-order valence-electron chi connectivity index (χ4n) is 2.57. The Morgan fingerprint density at radius 1 is 1.39 bits per heavy atom. The highest BCUT2D eigenvalue weighted by atomic mass is 16.5. The van der Waals surface area contributed by atoms with E-state index in [-0.39, 0.29) is 5.60 Å². The van der Waals surface area contributed by atoms with E-state index in [1.54, 1.807) is 7.11 Å². The molecule has 3 nitrogen and oxygen atoms in total.